The average Bonchev–Trinajstić information content (AvgIpc) is 2.36. The molecular weight excluding hydrogens is 260 g/mol. The van der Waals surface area contributed by atoms with Crippen LogP contribution in [0.2, 0.25) is 0 Å². The van der Waals surface area contributed by atoms with E-state index in [1.54, 1.807) is 0 Å². The number of benzene rings is 1. The van der Waals surface area contributed by atoms with Crippen molar-refractivity contribution in [3.05, 3.63) is 46.5 Å². The Kier molecular flexibility index (Phi) is 7.13. The first kappa shape index (κ1) is 17.9. The molecule has 0 bridgehead atoms. The number of rotatable bonds is 7. The number of hydrogen-bond donors (Lipinski definition) is 2. The number of hydrogen-bond acceptors (Lipinski definition) is 2. The first-order valence-corrected chi connectivity index (χ1v) is 7.93. The van der Waals surface area contributed by atoms with Crippen LogP contribution in [0.25, 0.3) is 0 Å². The molecule has 0 saturated heterocycles. The fraction of sp³-hybridized carbons (Fsp3) is 0.579. The summed E-state index contributed by atoms with van der Waals surface area (Å²) in [6.07, 6.45) is 5.80. The van der Waals surface area contributed by atoms with E-state index in [0.717, 1.165) is 36.0 Å². The molecule has 0 amide bonds. The molecular formula is C19H30O2. The van der Waals surface area contributed by atoms with Gasteiger partial charge in [0.05, 0.1) is 12.2 Å². The van der Waals surface area contributed by atoms with Crippen LogP contribution in [0, 0.1) is 26.7 Å². The van der Waals surface area contributed by atoms with Gasteiger partial charge in [-0.15, -0.1) is 0 Å². The van der Waals surface area contributed by atoms with Crippen molar-refractivity contribution in [1.29, 1.82) is 0 Å². The van der Waals surface area contributed by atoms with Crippen LogP contribution in [-0.4, -0.2) is 16.3 Å². The highest BCUT2D eigenvalue weighted by Crippen LogP contribution is 2.24. The number of aliphatic hydroxyl groups is 2. The Labute approximate surface area is 129 Å². The molecule has 0 aliphatic carbocycles. The summed E-state index contributed by atoms with van der Waals surface area (Å²) in [5.41, 5.74) is 4.52. The second-order valence-electron chi connectivity index (χ2n) is 6.43. The molecule has 0 radical (unpaired) electrons. The van der Waals surface area contributed by atoms with E-state index >= 15 is 0 Å². The minimum atomic E-state index is -0.541. The minimum Gasteiger partial charge on any atom is -0.393 e. The van der Waals surface area contributed by atoms with Gasteiger partial charge in [0.25, 0.3) is 0 Å². The topological polar surface area (TPSA) is 40.5 Å². The monoisotopic (exact) mass is 290 g/mol. The Morgan fingerprint density at radius 3 is 2.14 bits per heavy atom. The summed E-state index contributed by atoms with van der Waals surface area (Å²) in [7, 11) is 0. The molecule has 0 saturated carbocycles. The lowest BCUT2D eigenvalue weighted by molar-refractivity contribution is 0.114. The maximum absolute atomic E-state index is 10.3. The van der Waals surface area contributed by atoms with Crippen LogP contribution in [-0.2, 0) is 0 Å². The lowest BCUT2D eigenvalue weighted by Gasteiger charge is -2.15. The van der Waals surface area contributed by atoms with Crippen LogP contribution in [0.5, 0.6) is 0 Å². The molecule has 1 aromatic rings. The fourth-order valence-corrected chi connectivity index (χ4v) is 2.76. The lowest BCUT2D eigenvalue weighted by atomic mass is 9.95. The van der Waals surface area contributed by atoms with Gasteiger partial charge >= 0.3 is 0 Å². The molecule has 1 aromatic carbocycles. The third kappa shape index (κ3) is 5.64. The van der Waals surface area contributed by atoms with E-state index < -0.39 is 6.10 Å². The summed E-state index contributed by atoms with van der Waals surface area (Å²) < 4.78 is 0. The Hall–Kier alpha value is -1.12. The number of aryl methyl sites for hydroxylation is 3. The minimum absolute atomic E-state index is 0.218. The van der Waals surface area contributed by atoms with Gasteiger partial charge in [-0.2, -0.15) is 0 Å². The average molecular weight is 290 g/mol. The van der Waals surface area contributed by atoms with Crippen LogP contribution in [0.1, 0.15) is 61.5 Å². The summed E-state index contributed by atoms with van der Waals surface area (Å²) in [5.74, 6) is 0.317. The van der Waals surface area contributed by atoms with E-state index in [4.69, 9.17) is 0 Å². The van der Waals surface area contributed by atoms with E-state index in [1.165, 1.54) is 5.56 Å². The van der Waals surface area contributed by atoms with Crippen LogP contribution in [0.4, 0.5) is 0 Å². The summed E-state index contributed by atoms with van der Waals surface area (Å²) >= 11 is 0. The largest absolute Gasteiger partial charge is 0.393 e. The van der Waals surface area contributed by atoms with Crippen LogP contribution in [0.15, 0.2) is 24.3 Å². The van der Waals surface area contributed by atoms with Crippen molar-refractivity contribution >= 4 is 0 Å². The third-order valence-corrected chi connectivity index (χ3v) is 3.99. The van der Waals surface area contributed by atoms with E-state index in [-0.39, 0.29) is 6.10 Å². The number of aliphatic hydroxyl groups excluding tert-OH is 2. The van der Waals surface area contributed by atoms with Gasteiger partial charge in [0.1, 0.15) is 0 Å². The zero-order chi connectivity index (χ0) is 16.0. The van der Waals surface area contributed by atoms with Crippen molar-refractivity contribution in [1.82, 2.24) is 0 Å². The maximum atomic E-state index is 10.3. The Bertz CT molecular complexity index is 451. The van der Waals surface area contributed by atoms with Gasteiger partial charge in [-0.05, 0) is 62.6 Å². The first-order valence-electron chi connectivity index (χ1n) is 7.93. The molecule has 0 fully saturated rings. The van der Waals surface area contributed by atoms with Gasteiger partial charge in [0.2, 0.25) is 0 Å². The maximum Gasteiger partial charge on any atom is 0.0976 e. The molecule has 2 atom stereocenters. The van der Waals surface area contributed by atoms with E-state index in [2.05, 4.69) is 19.1 Å². The molecule has 2 N–H and O–H groups in total. The highest BCUT2D eigenvalue weighted by Gasteiger charge is 2.11. The molecule has 118 valence electrons. The Morgan fingerprint density at radius 1 is 1.05 bits per heavy atom. The zero-order valence-electron chi connectivity index (χ0n) is 14.1. The van der Waals surface area contributed by atoms with E-state index in [0.29, 0.717) is 5.92 Å². The molecule has 0 aliphatic heterocycles. The summed E-state index contributed by atoms with van der Waals surface area (Å²) in [5, 5.41) is 20.1. The molecule has 21 heavy (non-hydrogen) atoms. The standard InChI is InChI=1S/C19H30O2/c1-13(2)17(20)9-7-6-8-10-18(21)19-15(4)11-14(3)12-16(19)5/h8,10-13,17-18,20-21H,6-7,9H2,1-5H3/b10-8-. The molecule has 2 unspecified atom stereocenters. The zero-order valence-corrected chi connectivity index (χ0v) is 14.1. The molecule has 0 spiro atoms. The SMILES string of the molecule is Cc1cc(C)c(C(O)/C=C\CCCC(O)C(C)C)c(C)c1. The Morgan fingerprint density at radius 2 is 1.62 bits per heavy atom. The molecule has 1 rings (SSSR count). The van der Waals surface area contributed by atoms with Crippen molar-refractivity contribution in [2.24, 2.45) is 5.92 Å². The van der Waals surface area contributed by atoms with Gasteiger partial charge in [0.15, 0.2) is 0 Å². The van der Waals surface area contributed by atoms with Crippen LogP contribution >= 0.6 is 0 Å². The normalized spacial score (nSPS) is 14.9. The third-order valence-electron chi connectivity index (χ3n) is 3.99. The van der Waals surface area contributed by atoms with Gasteiger partial charge in [-0.25, -0.2) is 0 Å². The smallest absolute Gasteiger partial charge is 0.0976 e. The Balaban J connectivity index is 2.54. The van der Waals surface area contributed by atoms with E-state index in [9.17, 15) is 10.2 Å². The first-order chi connectivity index (χ1) is 9.82. The van der Waals surface area contributed by atoms with Crippen molar-refractivity contribution in [3.63, 3.8) is 0 Å². The molecule has 2 heteroatoms. The quantitative estimate of drug-likeness (QED) is 0.577. The number of unbranched alkanes of at least 4 members (excludes halogenated alkanes) is 1. The highest BCUT2D eigenvalue weighted by molar-refractivity contribution is 5.40. The highest BCUT2D eigenvalue weighted by atomic mass is 16.3. The molecule has 2 nitrogen and oxygen atoms in total. The van der Waals surface area contributed by atoms with Crippen LogP contribution in [0.3, 0.4) is 0 Å². The van der Waals surface area contributed by atoms with Gasteiger partial charge in [0, 0.05) is 0 Å². The predicted octanol–water partition coefficient (Wildman–Crippen LogP) is 4.39. The van der Waals surface area contributed by atoms with Gasteiger partial charge in [-0.1, -0.05) is 43.7 Å². The predicted molar refractivity (Wildman–Crippen MR) is 89.4 cm³/mol. The van der Waals surface area contributed by atoms with Crippen molar-refractivity contribution in [2.75, 3.05) is 0 Å². The second-order valence-corrected chi connectivity index (χ2v) is 6.43. The summed E-state index contributed by atoms with van der Waals surface area (Å²) in [4.78, 5) is 0. The van der Waals surface area contributed by atoms with Crippen molar-refractivity contribution < 1.29 is 10.2 Å². The van der Waals surface area contributed by atoms with Gasteiger partial charge < -0.3 is 10.2 Å². The summed E-state index contributed by atoms with van der Waals surface area (Å²) in [6.45, 7) is 10.2. The lowest BCUT2D eigenvalue weighted by Crippen LogP contribution is -2.13. The van der Waals surface area contributed by atoms with Gasteiger partial charge in [-0.3, -0.25) is 0 Å². The second kappa shape index (κ2) is 8.35. The fourth-order valence-electron chi connectivity index (χ4n) is 2.76. The van der Waals surface area contributed by atoms with Crippen LogP contribution < -0.4 is 0 Å². The molecule has 0 heterocycles. The molecule has 0 aromatic heterocycles. The van der Waals surface area contributed by atoms with Crippen molar-refractivity contribution in [2.45, 2.75) is 66.1 Å². The summed E-state index contributed by atoms with van der Waals surface area (Å²) in [6, 6.07) is 4.22. The van der Waals surface area contributed by atoms with E-state index in [1.807, 2.05) is 39.8 Å². The van der Waals surface area contributed by atoms with Crippen molar-refractivity contribution in [3.8, 4) is 0 Å². The molecule has 0 aliphatic rings. The number of allylic oxidation sites excluding steroid dienone is 1.